The van der Waals surface area contributed by atoms with Crippen molar-refractivity contribution >= 4 is 0 Å². The number of hydrogen-bond donors (Lipinski definition) is 0. The number of likely N-dealkylation sites (tertiary alicyclic amines) is 1. The van der Waals surface area contributed by atoms with Crippen LogP contribution in [0.5, 0.6) is 0 Å². The van der Waals surface area contributed by atoms with Crippen LogP contribution in [-0.4, -0.2) is 36.2 Å². The Morgan fingerprint density at radius 1 is 0.375 bits per heavy atom. The number of rotatable bonds is 8. The Morgan fingerprint density at radius 3 is 0.800 bits per heavy atom. The highest BCUT2D eigenvalue weighted by Crippen LogP contribution is 2.43. The molecule has 4 aliphatic rings. The highest BCUT2D eigenvalue weighted by Gasteiger charge is 2.34. The van der Waals surface area contributed by atoms with Gasteiger partial charge in [0.1, 0.15) is 0 Å². The molecule has 0 radical (unpaired) electrons. The van der Waals surface area contributed by atoms with Crippen LogP contribution in [-0.2, 0) is 4.74 Å². The summed E-state index contributed by atoms with van der Waals surface area (Å²) in [4.78, 5) is 2.53. The van der Waals surface area contributed by atoms with Gasteiger partial charge in [0.25, 0.3) is 0 Å². The fourth-order valence-corrected chi connectivity index (χ4v) is 6.29. The lowest BCUT2D eigenvalue weighted by Crippen LogP contribution is -2.51. The lowest BCUT2D eigenvalue weighted by atomic mass is 9.65. The molecule has 2 nitrogen and oxygen atoms in total. The minimum absolute atomic E-state index is 0.549. The molecule has 0 N–H and O–H groups in total. The summed E-state index contributed by atoms with van der Waals surface area (Å²) in [5, 5.41) is 0. The third-order valence-corrected chi connectivity index (χ3v) is 11.1. The Bertz CT molecular complexity index is 464. The summed E-state index contributed by atoms with van der Waals surface area (Å²) in [5.74, 6) is 11.2. The first kappa shape index (κ1) is 37.9. The van der Waals surface area contributed by atoms with Gasteiger partial charge in [0.2, 0.25) is 0 Å². The highest BCUT2D eigenvalue weighted by atomic mass is 16.5. The van der Waals surface area contributed by atoms with Crippen LogP contribution in [0, 0.1) is 71.0 Å². The maximum Gasteiger partial charge on any atom is 0.0626 e. The maximum absolute atomic E-state index is 5.66. The molecule has 2 aliphatic carbocycles. The summed E-state index contributed by atoms with van der Waals surface area (Å²) in [5.41, 5.74) is 0. The molecule has 2 aliphatic heterocycles. The molecule has 0 aromatic rings. The van der Waals surface area contributed by atoms with Crippen molar-refractivity contribution in [3.63, 3.8) is 0 Å². The number of ether oxygens (including phenoxy) is 1. The van der Waals surface area contributed by atoms with E-state index in [1.165, 1.54) is 45.2 Å². The summed E-state index contributed by atoms with van der Waals surface area (Å²) in [7, 11) is 0. The van der Waals surface area contributed by atoms with Gasteiger partial charge in [-0.1, -0.05) is 96.9 Å². The fourth-order valence-electron chi connectivity index (χ4n) is 6.29. The molecule has 2 heterocycles. The van der Waals surface area contributed by atoms with Gasteiger partial charge in [-0.3, -0.25) is 0 Å². The van der Waals surface area contributed by atoms with E-state index >= 15 is 0 Å². The minimum atomic E-state index is 0.549. The fraction of sp³-hybridized carbons (Fsp3) is 1.00. The van der Waals surface area contributed by atoms with Gasteiger partial charge in [-0.2, -0.15) is 0 Å². The van der Waals surface area contributed by atoms with Gasteiger partial charge >= 0.3 is 0 Å². The summed E-state index contributed by atoms with van der Waals surface area (Å²) < 4.78 is 5.66. The van der Waals surface area contributed by atoms with Crippen LogP contribution in [0.15, 0.2) is 0 Å². The Kier molecular flexibility index (Phi) is 17.0. The third-order valence-electron chi connectivity index (χ3n) is 11.1. The van der Waals surface area contributed by atoms with E-state index in [-0.39, 0.29) is 0 Å². The van der Waals surface area contributed by atoms with Crippen molar-refractivity contribution in [2.24, 2.45) is 71.0 Å². The van der Waals surface area contributed by atoms with E-state index in [0.29, 0.717) is 24.0 Å². The second kappa shape index (κ2) is 17.9. The van der Waals surface area contributed by atoms with Crippen LogP contribution >= 0.6 is 0 Å². The lowest BCUT2D eigenvalue weighted by molar-refractivity contribution is -0.162. The molecule has 4 rings (SSSR count). The largest absolute Gasteiger partial charge is 0.374 e. The van der Waals surface area contributed by atoms with Crippen molar-refractivity contribution in [1.29, 1.82) is 0 Å². The van der Waals surface area contributed by atoms with Crippen molar-refractivity contribution in [3.8, 4) is 0 Å². The Hall–Kier alpha value is -0.0800. The normalized spacial score (nSPS) is 30.3. The van der Waals surface area contributed by atoms with Crippen LogP contribution < -0.4 is 0 Å². The predicted molar refractivity (Wildman–Crippen MR) is 180 cm³/mol. The van der Waals surface area contributed by atoms with E-state index in [0.717, 1.165) is 65.2 Å². The Morgan fingerprint density at radius 2 is 0.625 bits per heavy atom. The molecule has 0 aromatic carbocycles. The predicted octanol–water partition coefficient (Wildman–Crippen LogP) is 11.1. The summed E-state index contributed by atoms with van der Waals surface area (Å²) in [6.07, 6.45) is 8.35. The minimum Gasteiger partial charge on any atom is -0.374 e. The van der Waals surface area contributed by atoms with Crippen LogP contribution in [0.3, 0.4) is 0 Å². The number of nitrogens with zero attached hydrogens (tertiary/aromatic N) is 1. The summed E-state index contributed by atoms with van der Waals surface area (Å²) in [6.45, 7) is 39.5. The molecule has 2 saturated carbocycles. The molecule has 40 heavy (non-hydrogen) atoms. The zero-order valence-electron chi connectivity index (χ0n) is 30.5. The second-order valence-electron chi connectivity index (χ2n) is 16.9. The molecule has 0 aromatic heterocycles. The van der Waals surface area contributed by atoms with Gasteiger partial charge in [-0.25, -0.2) is 0 Å². The van der Waals surface area contributed by atoms with Gasteiger partial charge in [-0.15, -0.1) is 0 Å². The van der Waals surface area contributed by atoms with Crippen molar-refractivity contribution in [3.05, 3.63) is 0 Å². The molecule has 0 bridgehead atoms. The molecule has 0 amide bonds. The third kappa shape index (κ3) is 12.7. The highest BCUT2D eigenvalue weighted by molar-refractivity contribution is 4.85. The van der Waals surface area contributed by atoms with Crippen LogP contribution in [0.4, 0.5) is 0 Å². The zero-order chi connectivity index (χ0) is 30.9. The van der Waals surface area contributed by atoms with E-state index in [4.69, 9.17) is 4.74 Å². The van der Waals surface area contributed by atoms with E-state index in [9.17, 15) is 0 Å². The first-order chi connectivity index (χ1) is 18.4. The average molecular weight is 564 g/mol. The quantitative estimate of drug-likeness (QED) is 0.291. The van der Waals surface area contributed by atoms with Crippen molar-refractivity contribution in [2.45, 2.75) is 161 Å². The topological polar surface area (TPSA) is 12.5 Å². The zero-order valence-corrected chi connectivity index (χ0v) is 30.5. The monoisotopic (exact) mass is 564 g/mol. The SMILES string of the molecule is CC(C)C1CC(C(C)C)C1.CC(C)C1CC(C(C)C)C1.CC(C)C1CC(C(C)C)O1.CC(C)C1CN(C(C)C)C1. The molecular weight excluding hydrogens is 486 g/mol. The maximum atomic E-state index is 5.66. The van der Waals surface area contributed by atoms with Gasteiger partial charge in [0.05, 0.1) is 12.2 Å². The molecule has 240 valence electrons. The molecular formula is C38H77NO. The summed E-state index contributed by atoms with van der Waals surface area (Å²) in [6, 6.07) is 0.759. The van der Waals surface area contributed by atoms with E-state index < -0.39 is 0 Å². The van der Waals surface area contributed by atoms with Crippen molar-refractivity contribution in [1.82, 2.24) is 4.90 Å². The van der Waals surface area contributed by atoms with Crippen LogP contribution in [0.2, 0.25) is 0 Å². The molecule has 0 spiro atoms. The number of hydrogen-bond acceptors (Lipinski definition) is 2. The van der Waals surface area contributed by atoms with E-state index in [2.05, 4.69) is 116 Å². The van der Waals surface area contributed by atoms with Crippen molar-refractivity contribution < 1.29 is 4.74 Å². The first-order valence-corrected chi connectivity index (χ1v) is 17.8. The average Bonchev–Trinajstić information content (AvgIpc) is 2.61. The molecule has 2 unspecified atom stereocenters. The molecule has 2 saturated heterocycles. The van der Waals surface area contributed by atoms with E-state index in [1.807, 2.05) is 0 Å². The molecule has 4 fully saturated rings. The van der Waals surface area contributed by atoms with Gasteiger partial charge in [0, 0.05) is 25.6 Å². The Labute approximate surface area is 254 Å². The van der Waals surface area contributed by atoms with Crippen LogP contribution in [0.25, 0.3) is 0 Å². The smallest absolute Gasteiger partial charge is 0.0626 e. The lowest BCUT2D eigenvalue weighted by Gasteiger charge is -2.44. The molecule has 2 heteroatoms. The molecule has 2 atom stereocenters. The van der Waals surface area contributed by atoms with Gasteiger partial charge in [-0.05, 0) is 111 Å². The van der Waals surface area contributed by atoms with Gasteiger partial charge < -0.3 is 9.64 Å². The standard InChI is InChI=1S/2C10H20.C9H19N.C9H18O/c3*1-7(2)9-5-10(6-9)8(3)4;1-6(2)8-5-9(10-8)7(3)4/h2*7-10H,5-6H2,1-4H3;7-9H,5-6H2,1-4H3;6-9H,5H2,1-4H3. The van der Waals surface area contributed by atoms with E-state index in [1.54, 1.807) is 0 Å². The Balaban J connectivity index is 0.000000267. The summed E-state index contributed by atoms with van der Waals surface area (Å²) >= 11 is 0. The van der Waals surface area contributed by atoms with Crippen molar-refractivity contribution in [2.75, 3.05) is 13.1 Å². The second-order valence-corrected chi connectivity index (χ2v) is 16.9. The van der Waals surface area contributed by atoms with Crippen LogP contribution in [0.1, 0.15) is 143 Å². The first-order valence-electron chi connectivity index (χ1n) is 17.8. The van der Waals surface area contributed by atoms with Gasteiger partial charge in [0.15, 0.2) is 0 Å².